The molecule has 0 spiro atoms. The number of anilines is 1. The summed E-state index contributed by atoms with van der Waals surface area (Å²) >= 11 is 0. The Kier molecular flexibility index (Phi) is 3.60. The molecule has 1 aromatic heterocycles. The molecule has 5 nitrogen and oxygen atoms in total. The average molecular weight is 247 g/mol. The van der Waals surface area contributed by atoms with Crippen LogP contribution in [0.4, 0.5) is 5.82 Å². The van der Waals surface area contributed by atoms with Crippen LogP contribution >= 0.6 is 0 Å². The van der Waals surface area contributed by atoms with E-state index >= 15 is 0 Å². The van der Waals surface area contributed by atoms with Gasteiger partial charge in [0.15, 0.2) is 6.29 Å². The van der Waals surface area contributed by atoms with E-state index in [1.807, 2.05) is 14.0 Å². The lowest BCUT2D eigenvalue weighted by molar-refractivity contribution is -0.119. The highest BCUT2D eigenvalue weighted by molar-refractivity contribution is 5.82. The first-order valence-electron chi connectivity index (χ1n) is 6.02. The lowest BCUT2D eigenvalue weighted by atomic mass is 10.2. The zero-order valence-corrected chi connectivity index (χ0v) is 10.6. The molecule has 5 heteroatoms. The van der Waals surface area contributed by atoms with Crippen molar-refractivity contribution in [1.29, 1.82) is 0 Å². The normalized spacial score (nSPS) is 14.1. The number of likely N-dealkylation sites (N-methyl/N-ethyl adjacent to an activating group) is 1. The van der Waals surface area contributed by atoms with Gasteiger partial charge in [0.25, 0.3) is 0 Å². The molecule has 1 aromatic rings. The third-order valence-corrected chi connectivity index (χ3v) is 2.89. The average Bonchev–Trinajstić information content (AvgIpc) is 3.12. The minimum Gasteiger partial charge on any atom is -0.352 e. The summed E-state index contributed by atoms with van der Waals surface area (Å²) in [5.41, 5.74) is 1.44. The van der Waals surface area contributed by atoms with E-state index in [0.717, 1.165) is 30.5 Å². The van der Waals surface area contributed by atoms with Crippen LogP contribution in [-0.4, -0.2) is 36.8 Å². The number of aromatic nitrogens is 1. The highest BCUT2D eigenvalue weighted by Crippen LogP contribution is 2.19. The standard InChI is InChI=1S/C13H17N3O2/c1-9-5-10(8-17)6-14-13(9)16(2)7-12(18)15-11-3-4-11/h5-6,8,11H,3-4,7H2,1-2H3,(H,15,18). The fraction of sp³-hybridized carbons (Fsp3) is 0.462. The van der Waals surface area contributed by atoms with Gasteiger partial charge in [-0.1, -0.05) is 0 Å². The summed E-state index contributed by atoms with van der Waals surface area (Å²) in [6.45, 7) is 2.16. The fourth-order valence-electron chi connectivity index (χ4n) is 1.84. The van der Waals surface area contributed by atoms with Gasteiger partial charge in [-0.2, -0.15) is 0 Å². The summed E-state index contributed by atoms with van der Waals surface area (Å²) in [5, 5.41) is 2.93. The second-order valence-electron chi connectivity index (χ2n) is 4.72. The van der Waals surface area contributed by atoms with E-state index in [2.05, 4.69) is 10.3 Å². The largest absolute Gasteiger partial charge is 0.352 e. The van der Waals surface area contributed by atoms with Crippen LogP contribution in [0.25, 0.3) is 0 Å². The second-order valence-corrected chi connectivity index (χ2v) is 4.72. The topological polar surface area (TPSA) is 62.3 Å². The van der Waals surface area contributed by atoms with Crippen LogP contribution in [0.2, 0.25) is 0 Å². The summed E-state index contributed by atoms with van der Waals surface area (Å²) in [7, 11) is 1.82. The molecule has 1 fully saturated rings. The third kappa shape index (κ3) is 3.06. The number of carbonyl (C=O) groups excluding carboxylic acids is 2. The maximum Gasteiger partial charge on any atom is 0.239 e. The molecular weight excluding hydrogens is 230 g/mol. The molecule has 1 aliphatic rings. The predicted molar refractivity (Wildman–Crippen MR) is 68.8 cm³/mol. The maximum absolute atomic E-state index is 11.7. The lowest BCUT2D eigenvalue weighted by Crippen LogP contribution is -2.36. The zero-order valence-electron chi connectivity index (χ0n) is 10.6. The Morgan fingerprint density at radius 1 is 1.61 bits per heavy atom. The van der Waals surface area contributed by atoms with Crippen LogP contribution in [-0.2, 0) is 4.79 Å². The number of carbonyl (C=O) groups is 2. The minimum absolute atomic E-state index is 0.0145. The Balaban J connectivity index is 2.00. The predicted octanol–water partition coefficient (Wildman–Crippen LogP) is 0.917. The molecule has 1 aliphatic carbocycles. The molecule has 1 N–H and O–H groups in total. The number of rotatable bonds is 5. The molecule has 0 unspecified atom stereocenters. The van der Waals surface area contributed by atoms with E-state index in [1.54, 1.807) is 11.0 Å². The molecule has 2 rings (SSSR count). The van der Waals surface area contributed by atoms with Gasteiger partial charge in [-0.3, -0.25) is 9.59 Å². The fourth-order valence-corrected chi connectivity index (χ4v) is 1.84. The van der Waals surface area contributed by atoms with Crippen molar-refractivity contribution in [2.75, 3.05) is 18.5 Å². The Bertz CT molecular complexity index is 469. The number of hydrogen-bond donors (Lipinski definition) is 1. The van der Waals surface area contributed by atoms with E-state index in [4.69, 9.17) is 0 Å². The molecule has 18 heavy (non-hydrogen) atoms. The van der Waals surface area contributed by atoms with E-state index in [0.29, 0.717) is 11.6 Å². The van der Waals surface area contributed by atoms with Crippen LogP contribution in [0, 0.1) is 6.92 Å². The van der Waals surface area contributed by atoms with Gasteiger partial charge >= 0.3 is 0 Å². The van der Waals surface area contributed by atoms with Crippen molar-refractivity contribution in [3.8, 4) is 0 Å². The molecule has 0 aliphatic heterocycles. The van der Waals surface area contributed by atoms with E-state index in [1.165, 1.54) is 6.20 Å². The van der Waals surface area contributed by atoms with Gasteiger partial charge in [-0.05, 0) is 31.4 Å². The first-order chi connectivity index (χ1) is 8.60. The number of aryl methyl sites for hydroxylation is 1. The third-order valence-electron chi connectivity index (χ3n) is 2.89. The Morgan fingerprint density at radius 2 is 2.33 bits per heavy atom. The lowest BCUT2D eigenvalue weighted by Gasteiger charge is -2.19. The summed E-state index contributed by atoms with van der Waals surface area (Å²) in [6, 6.07) is 2.14. The van der Waals surface area contributed by atoms with Crippen LogP contribution in [0.15, 0.2) is 12.3 Å². The van der Waals surface area contributed by atoms with Gasteiger partial charge in [0, 0.05) is 24.8 Å². The maximum atomic E-state index is 11.7. The summed E-state index contributed by atoms with van der Waals surface area (Å²) in [6.07, 6.45) is 4.45. The SMILES string of the molecule is Cc1cc(C=O)cnc1N(C)CC(=O)NC1CC1. The molecule has 1 saturated carbocycles. The number of pyridine rings is 1. The highest BCUT2D eigenvalue weighted by Gasteiger charge is 2.23. The van der Waals surface area contributed by atoms with Crippen LogP contribution in [0.1, 0.15) is 28.8 Å². The van der Waals surface area contributed by atoms with Crippen molar-refractivity contribution < 1.29 is 9.59 Å². The number of aldehydes is 1. The Labute approximate surface area is 106 Å². The van der Waals surface area contributed by atoms with Crippen LogP contribution in [0.3, 0.4) is 0 Å². The number of hydrogen-bond acceptors (Lipinski definition) is 4. The summed E-state index contributed by atoms with van der Waals surface area (Å²) in [4.78, 5) is 28.3. The van der Waals surface area contributed by atoms with Gasteiger partial charge in [0.2, 0.25) is 5.91 Å². The van der Waals surface area contributed by atoms with Crippen molar-refractivity contribution in [2.24, 2.45) is 0 Å². The Hall–Kier alpha value is -1.91. The van der Waals surface area contributed by atoms with Gasteiger partial charge in [-0.25, -0.2) is 4.98 Å². The summed E-state index contributed by atoms with van der Waals surface area (Å²) < 4.78 is 0. The molecule has 0 atom stereocenters. The summed E-state index contributed by atoms with van der Waals surface area (Å²) in [5.74, 6) is 0.743. The first-order valence-corrected chi connectivity index (χ1v) is 6.02. The van der Waals surface area contributed by atoms with E-state index in [9.17, 15) is 9.59 Å². The molecule has 1 heterocycles. The zero-order chi connectivity index (χ0) is 13.1. The van der Waals surface area contributed by atoms with E-state index < -0.39 is 0 Å². The number of nitrogens with one attached hydrogen (secondary N) is 1. The van der Waals surface area contributed by atoms with Crippen molar-refractivity contribution in [1.82, 2.24) is 10.3 Å². The van der Waals surface area contributed by atoms with Crippen LogP contribution < -0.4 is 10.2 Å². The molecule has 0 saturated heterocycles. The smallest absolute Gasteiger partial charge is 0.239 e. The molecule has 96 valence electrons. The Morgan fingerprint density at radius 3 is 2.89 bits per heavy atom. The first kappa shape index (κ1) is 12.5. The molecular formula is C13H17N3O2. The van der Waals surface area contributed by atoms with Gasteiger partial charge in [0.05, 0.1) is 6.54 Å². The second kappa shape index (κ2) is 5.16. The van der Waals surface area contributed by atoms with Crippen molar-refractivity contribution in [2.45, 2.75) is 25.8 Å². The van der Waals surface area contributed by atoms with Crippen molar-refractivity contribution >= 4 is 18.0 Å². The highest BCUT2D eigenvalue weighted by atomic mass is 16.2. The minimum atomic E-state index is 0.0145. The van der Waals surface area contributed by atoms with Gasteiger partial charge < -0.3 is 10.2 Å². The monoisotopic (exact) mass is 247 g/mol. The van der Waals surface area contributed by atoms with Crippen molar-refractivity contribution in [3.63, 3.8) is 0 Å². The molecule has 1 amide bonds. The van der Waals surface area contributed by atoms with Crippen molar-refractivity contribution in [3.05, 3.63) is 23.4 Å². The molecule has 0 bridgehead atoms. The van der Waals surface area contributed by atoms with Crippen LogP contribution in [0.5, 0.6) is 0 Å². The molecule has 0 aromatic carbocycles. The van der Waals surface area contributed by atoms with Gasteiger partial charge in [-0.15, -0.1) is 0 Å². The quantitative estimate of drug-likeness (QED) is 0.786. The van der Waals surface area contributed by atoms with Gasteiger partial charge in [0.1, 0.15) is 5.82 Å². The van der Waals surface area contributed by atoms with E-state index in [-0.39, 0.29) is 12.5 Å². The number of nitrogens with zero attached hydrogens (tertiary/aromatic N) is 2. The molecule has 0 radical (unpaired) electrons. The number of amides is 1.